The topological polar surface area (TPSA) is 115 Å². The summed E-state index contributed by atoms with van der Waals surface area (Å²) in [5.74, 6) is -1.10. The Morgan fingerprint density at radius 1 is 0.567 bits per heavy atom. The first-order valence-corrected chi connectivity index (χ1v) is 22.4. The molecule has 4 amide bonds. The maximum absolute atomic E-state index is 14.5. The van der Waals surface area contributed by atoms with Crippen LogP contribution in [0.25, 0.3) is 43.1 Å². The molecular formula is C49H48IN5O5. The molecular weight excluding hydrogens is 865 g/mol. The number of halogens is 1. The summed E-state index contributed by atoms with van der Waals surface area (Å²) in [5.41, 5.74) is 4.71. The lowest BCUT2D eigenvalue weighted by Crippen LogP contribution is -2.47. The van der Waals surface area contributed by atoms with Gasteiger partial charge in [-0.3, -0.25) is 29.0 Å². The van der Waals surface area contributed by atoms with Gasteiger partial charge in [0.1, 0.15) is 9.39 Å². The summed E-state index contributed by atoms with van der Waals surface area (Å²) in [5, 5.41) is 15.1. The number of ether oxygens (including phenoxy) is 1. The van der Waals surface area contributed by atoms with Crippen molar-refractivity contribution in [2.75, 3.05) is 7.11 Å². The summed E-state index contributed by atoms with van der Waals surface area (Å²) in [4.78, 5) is 60.5. The Kier molecular flexibility index (Phi) is 11.1. The molecule has 3 heterocycles. The van der Waals surface area contributed by atoms with Gasteiger partial charge in [0.05, 0.1) is 19.7 Å². The summed E-state index contributed by atoms with van der Waals surface area (Å²) in [6, 6.07) is 23.0. The first-order valence-electron chi connectivity index (χ1n) is 21.3. The minimum atomic E-state index is -0.339. The summed E-state index contributed by atoms with van der Waals surface area (Å²) < 4.78 is 7.94. The lowest BCUT2D eigenvalue weighted by Gasteiger charge is -2.35. The van der Waals surface area contributed by atoms with E-state index in [1.807, 2.05) is 77.5 Å². The predicted molar refractivity (Wildman–Crippen MR) is 243 cm³/mol. The first kappa shape index (κ1) is 40.2. The highest BCUT2D eigenvalue weighted by Gasteiger charge is 2.39. The largest absolute Gasteiger partial charge is 0.378 e. The molecule has 11 heteroatoms. The van der Waals surface area contributed by atoms with Gasteiger partial charge in [-0.25, -0.2) is 4.68 Å². The molecule has 1 aromatic heterocycles. The Bertz CT molecular complexity index is 2700. The molecule has 0 atom stereocenters. The van der Waals surface area contributed by atoms with Gasteiger partial charge in [0, 0.05) is 46.2 Å². The van der Waals surface area contributed by atoms with Gasteiger partial charge in [-0.1, -0.05) is 119 Å². The summed E-state index contributed by atoms with van der Waals surface area (Å²) in [7, 11) is 1.63. The zero-order valence-corrected chi connectivity index (χ0v) is 36.5. The molecule has 0 bridgehead atoms. The fourth-order valence-electron chi connectivity index (χ4n) is 9.60. The molecule has 2 aliphatic heterocycles. The third-order valence-electron chi connectivity index (χ3n) is 12.6. The number of aromatic nitrogens is 3. The summed E-state index contributed by atoms with van der Waals surface area (Å²) in [6.07, 6.45) is 10.4. The van der Waals surface area contributed by atoms with Crippen molar-refractivity contribution in [2.45, 2.75) is 104 Å². The maximum Gasteiger partial charge on any atom is 0.261 e. The van der Waals surface area contributed by atoms with Crippen LogP contribution in [0.15, 0.2) is 72.8 Å². The Balaban J connectivity index is 1.05. The predicted octanol–water partition coefficient (Wildman–Crippen LogP) is 10.8. The lowest BCUT2D eigenvalue weighted by molar-refractivity contribution is 0.0514. The van der Waals surface area contributed by atoms with Crippen LogP contribution in [0.4, 0.5) is 0 Å². The lowest BCUT2D eigenvalue weighted by atomic mass is 9.82. The molecule has 9 rings (SSSR count). The second kappa shape index (κ2) is 16.6. The van der Waals surface area contributed by atoms with Crippen molar-refractivity contribution in [1.82, 2.24) is 24.8 Å². The van der Waals surface area contributed by atoms with Crippen molar-refractivity contribution in [1.29, 1.82) is 0 Å². The Labute approximate surface area is 362 Å². The minimum Gasteiger partial charge on any atom is -0.378 e. The number of nitrogens with zero attached hydrogens (tertiary/aromatic N) is 5. The van der Waals surface area contributed by atoms with Crippen LogP contribution in [0.5, 0.6) is 0 Å². The van der Waals surface area contributed by atoms with Gasteiger partial charge in [-0.05, 0) is 103 Å². The van der Waals surface area contributed by atoms with Crippen molar-refractivity contribution in [3.8, 4) is 0 Å². The molecule has 0 unspecified atom stereocenters. The van der Waals surface area contributed by atoms with Gasteiger partial charge in [0.15, 0.2) is 0 Å². The molecule has 0 saturated heterocycles. The van der Waals surface area contributed by atoms with Gasteiger partial charge in [-0.2, -0.15) is 0 Å². The second-order valence-corrected chi connectivity index (χ2v) is 17.4. The van der Waals surface area contributed by atoms with Crippen LogP contribution in [0, 0.1) is 3.70 Å². The van der Waals surface area contributed by atoms with Gasteiger partial charge in [-0.15, -0.1) is 5.10 Å². The van der Waals surface area contributed by atoms with E-state index in [-0.39, 0.29) is 36.2 Å². The quantitative estimate of drug-likeness (QED) is 0.0294. The summed E-state index contributed by atoms with van der Waals surface area (Å²) >= 11 is 2.22. The number of unbranched alkanes of at least 4 members (excludes halogenated alkanes) is 6. The van der Waals surface area contributed by atoms with Crippen LogP contribution in [0.3, 0.4) is 0 Å². The number of methoxy groups -OCH3 is 1. The van der Waals surface area contributed by atoms with Crippen LogP contribution >= 0.6 is 22.6 Å². The molecule has 7 aromatic rings. The molecule has 0 radical (unpaired) electrons. The van der Waals surface area contributed by atoms with Gasteiger partial charge >= 0.3 is 0 Å². The molecule has 0 N–H and O–H groups in total. The summed E-state index contributed by atoms with van der Waals surface area (Å²) in [6.45, 7) is 5.44. The number of carbonyl (C=O) groups excluding carboxylic acids is 4. The molecule has 0 fully saturated rings. The van der Waals surface area contributed by atoms with Crippen molar-refractivity contribution in [3.05, 3.63) is 116 Å². The first-order chi connectivity index (χ1) is 29.2. The molecule has 0 spiro atoms. The van der Waals surface area contributed by atoms with E-state index in [1.54, 1.807) is 12.0 Å². The zero-order valence-electron chi connectivity index (χ0n) is 34.4. The van der Waals surface area contributed by atoms with Gasteiger partial charge in [0.2, 0.25) is 0 Å². The highest BCUT2D eigenvalue weighted by molar-refractivity contribution is 14.1. The normalized spacial score (nSPS) is 14.2. The van der Waals surface area contributed by atoms with E-state index in [1.165, 1.54) is 4.90 Å². The number of hydrogen-bond donors (Lipinski definition) is 0. The Morgan fingerprint density at radius 3 is 1.47 bits per heavy atom. The monoisotopic (exact) mass is 913 g/mol. The fraction of sp³-hybridized carbons (Fsp3) is 0.347. The molecule has 0 saturated carbocycles. The molecule has 10 nitrogen and oxygen atoms in total. The van der Waals surface area contributed by atoms with Gasteiger partial charge < -0.3 is 4.74 Å². The van der Waals surface area contributed by atoms with E-state index >= 15 is 0 Å². The number of benzene rings is 6. The van der Waals surface area contributed by atoms with E-state index in [2.05, 4.69) is 46.8 Å². The van der Waals surface area contributed by atoms with Crippen LogP contribution in [0.1, 0.15) is 136 Å². The SMILES string of the molecule is CCCCCCC(CCCCCC)N1C(=O)c2ccc3c4ccc5c6c(ccc(c7ccc(c2c37)C1=O)c64)C(=O)N(Cc1ccc(Cn2nnc(COC)c2I)cc1)C5=O. The highest BCUT2D eigenvalue weighted by atomic mass is 127. The zero-order chi connectivity index (χ0) is 41.7. The van der Waals surface area contributed by atoms with Crippen molar-refractivity contribution < 1.29 is 23.9 Å². The number of carbonyl (C=O) groups is 4. The van der Waals surface area contributed by atoms with Crippen molar-refractivity contribution in [2.24, 2.45) is 0 Å². The van der Waals surface area contributed by atoms with E-state index in [0.29, 0.717) is 46.2 Å². The van der Waals surface area contributed by atoms with E-state index in [9.17, 15) is 19.2 Å². The van der Waals surface area contributed by atoms with E-state index < -0.39 is 0 Å². The number of fused-ring (bicyclic) bond motifs is 2. The fourth-order valence-corrected chi connectivity index (χ4v) is 10.1. The van der Waals surface area contributed by atoms with Crippen molar-refractivity contribution in [3.63, 3.8) is 0 Å². The number of imide groups is 2. The smallest absolute Gasteiger partial charge is 0.261 e. The van der Waals surface area contributed by atoms with E-state index in [4.69, 9.17) is 4.74 Å². The highest BCUT2D eigenvalue weighted by Crippen LogP contribution is 2.46. The molecule has 0 aliphatic carbocycles. The number of hydrogen-bond acceptors (Lipinski definition) is 7. The Hall–Kier alpha value is -5.27. The van der Waals surface area contributed by atoms with Crippen LogP contribution < -0.4 is 0 Å². The minimum absolute atomic E-state index is 0.131. The molecule has 2 aliphatic rings. The third-order valence-corrected chi connectivity index (χ3v) is 13.8. The van der Waals surface area contributed by atoms with E-state index in [0.717, 1.165) is 117 Å². The molecule has 6 aromatic carbocycles. The average molecular weight is 914 g/mol. The van der Waals surface area contributed by atoms with Crippen LogP contribution in [0.2, 0.25) is 0 Å². The Morgan fingerprint density at radius 2 is 1.02 bits per heavy atom. The van der Waals surface area contributed by atoms with Crippen molar-refractivity contribution >= 4 is 89.3 Å². The molecule has 306 valence electrons. The molecule has 60 heavy (non-hydrogen) atoms. The maximum atomic E-state index is 14.5. The number of amides is 4. The van der Waals surface area contributed by atoms with Crippen LogP contribution in [-0.2, 0) is 24.4 Å². The third kappa shape index (κ3) is 6.74. The van der Waals surface area contributed by atoms with Crippen LogP contribution in [-0.4, -0.2) is 61.6 Å². The second-order valence-electron chi connectivity index (χ2n) is 16.4. The average Bonchev–Trinajstić information content (AvgIpc) is 3.60. The standard InChI is InChI=1S/C49H48IN5O5/c1-4-6-8-10-12-31(13-11-9-7-5-2)55-48(58)38-24-20-34-32-18-22-36-43-37(23-19-33(41(32)43)35-21-25-39(49(55)59)44(38)42(34)35)47(57)53(46(36)56)26-29-14-16-30(17-15-29)27-54-45(50)40(28-60-3)51-52-54/h14-25,31H,4-13,26-28H2,1-3H3. The number of rotatable bonds is 17. The van der Waals surface area contributed by atoms with Gasteiger partial charge in [0.25, 0.3) is 23.6 Å².